The Morgan fingerprint density at radius 1 is 1.19 bits per heavy atom. The first-order valence-electron chi connectivity index (χ1n) is 6.22. The molecule has 0 fully saturated rings. The zero-order valence-corrected chi connectivity index (χ0v) is 13.6. The summed E-state index contributed by atoms with van der Waals surface area (Å²) in [4.78, 5) is 11.3. The smallest absolute Gasteiger partial charge is 0.309 e. The van der Waals surface area contributed by atoms with Gasteiger partial charge in [0.05, 0.1) is 19.6 Å². The van der Waals surface area contributed by atoms with Crippen LogP contribution in [-0.4, -0.2) is 40.0 Å². The highest BCUT2D eigenvalue weighted by molar-refractivity contribution is 7.90. The van der Waals surface area contributed by atoms with Gasteiger partial charge >= 0.3 is 5.97 Å². The minimum Gasteiger partial charge on any atom is -0.496 e. The predicted octanol–water partition coefficient (Wildman–Crippen LogP) is 1.76. The fraction of sp³-hybridized carbons (Fsp3) is 0.500. The molecule has 0 amide bonds. The molecule has 0 aromatic heterocycles. The highest BCUT2D eigenvalue weighted by Crippen LogP contribution is 2.38. The van der Waals surface area contributed by atoms with Crippen LogP contribution in [0.4, 0.5) is 0 Å². The highest BCUT2D eigenvalue weighted by Gasteiger charge is 2.33. The van der Waals surface area contributed by atoms with E-state index in [0.29, 0.717) is 11.3 Å². The van der Waals surface area contributed by atoms with E-state index in [9.17, 15) is 18.3 Å². The van der Waals surface area contributed by atoms with Crippen molar-refractivity contribution in [1.29, 1.82) is 0 Å². The van der Waals surface area contributed by atoms with E-state index in [1.165, 1.54) is 34.1 Å². The average Bonchev–Trinajstić information content (AvgIpc) is 2.36. The lowest BCUT2D eigenvalue weighted by Gasteiger charge is -2.23. The maximum Gasteiger partial charge on any atom is 0.309 e. The summed E-state index contributed by atoms with van der Waals surface area (Å²) >= 11 is 0. The molecule has 1 N–H and O–H groups in total. The van der Waals surface area contributed by atoms with Gasteiger partial charge in [0.15, 0.2) is 9.84 Å². The van der Waals surface area contributed by atoms with Gasteiger partial charge in [0.25, 0.3) is 0 Å². The number of carboxylic acid groups (broad SMARTS) is 1. The molecule has 0 atom stereocenters. The Kier molecular flexibility index (Phi) is 4.88. The van der Waals surface area contributed by atoms with Crippen LogP contribution < -0.4 is 9.47 Å². The van der Waals surface area contributed by atoms with Gasteiger partial charge in [0.1, 0.15) is 16.4 Å². The third kappa shape index (κ3) is 3.66. The van der Waals surface area contributed by atoms with Crippen molar-refractivity contribution in [3.05, 3.63) is 17.7 Å². The van der Waals surface area contributed by atoms with Gasteiger partial charge in [0.2, 0.25) is 0 Å². The van der Waals surface area contributed by atoms with Gasteiger partial charge in [-0.25, -0.2) is 8.42 Å². The first-order chi connectivity index (χ1) is 9.54. The van der Waals surface area contributed by atoms with Gasteiger partial charge < -0.3 is 14.6 Å². The first kappa shape index (κ1) is 17.3. The van der Waals surface area contributed by atoms with Crippen molar-refractivity contribution in [2.45, 2.75) is 25.2 Å². The Balaban J connectivity index is 3.64. The summed E-state index contributed by atoms with van der Waals surface area (Å²) < 4.78 is 34.4. The molecule has 0 aliphatic carbocycles. The highest BCUT2D eigenvalue weighted by atomic mass is 32.2. The average molecular weight is 316 g/mol. The summed E-state index contributed by atoms with van der Waals surface area (Å²) in [5.74, 6) is -0.521. The normalized spacial score (nSPS) is 12.0. The summed E-state index contributed by atoms with van der Waals surface area (Å²) in [7, 11) is -0.833. The Labute approximate surface area is 124 Å². The van der Waals surface area contributed by atoms with Crippen molar-refractivity contribution in [1.82, 2.24) is 0 Å². The monoisotopic (exact) mass is 316 g/mol. The lowest BCUT2D eigenvalue weighted by molar-refractivity contribution is -0.146. The molecule has 21 heavy (non-hydrogen) atoms. The number of aliphatic carboxylic acids is 1. The molecular weight excluding hydrogens is 296 g/mol. The number of hydrogen-bond acceptors (Lipinski definition) is 5. The second-order valence-electron chi connectivity index (χ2n) is 5.42. The lowest BCUT2D eigenvalue weighted by atomic mass is 9.85. The van der Waals surface area contributed by atoms with Crippen molar-refractivity contribution in [3.8, 4) is 11.5 Å². The number of ether oxygens (including phenoxy) is 2. The van der Waals surface area contributed by atoms with E-state index >= 15 is 0 Å². The van der Waals surface area contributed by atoms with Crippen LogP contribution in [0.3, 0.4) is 0 Å². The zero-order chi connectivity index (χ0) is 16.4. The van der Waals surface area contributed by atoms with Crippen LogP contribution in [0.25, 0.3) is 0 Å². The molecule has 1 aromatic carbocycles. The van der Waals surface area contributed by atoms with Crippen molar-refractivity contribution in [2.24, 2.45) is 5.41 Å². The van der Waals surface area contributed by atoms with Crippen LogP contribution in [0, 0.1) is 5.41 Å². The quantitative estimate of drug-likeness (QED) is 0.860. The van der Waals surface area contributed by atoms with E-state index in [1.807, 2.05) is 0 Å². The summed E-state index contributed by atoms with van der Waals surface area (Å²) in [6, 6.07) is 3.06. The first-order valence-corrected chi connectivity index (χ1v) is 8.11. The van der Waals surface area contributed by atoms with Gasteiger partial charge in [-0.15, -0.1) is 0 Å². The number of benzene rings is 1. The lowest BCUT2D eigenvalue weighted by Crippen LogP contribution is -2.27. The summed E-state index contributed by atoms with van der Waals surface area (Å²) in [5, 5.41) is 9.26. The van der Waals surface area contributed by atoms with E-state index < -0.39 is 21.2 Å². The molecule has 118 valence electrons. The van der Waals surface area contributed by atoms with Gasteiger partial charge in [0, 0.05) is 11.8 Å². The maximum absolute atomic E-state index is 12.1. The van der Waals surface area contributed by atoms with Crippen molar-refractivity contribution in [3.63, 3.8) is 0 Å². The Bertz CT molecular complexity index is 646. The van der Waals surface area contributed by atoms with Crippen LogP contribution in [-0.2, 0) is 21.1 Å². The number of rotatable bonds is 6. The Hall–Kier alpha value is -1.76. The number of carboxylic acids is 1. The Morgan fingerprint density at radius 2 is 1.67 bits per heavy atom. The van der Waals surface area contributed by atoms with Gasteiger partial charge in [-0.2, -0.15) is 0 Å². The van der Waals surface area contributed by atoms with Crippen molar-refractivity contribution >= 4 is 15.8 Å². The standard InChI is InChI=1S/C14H20O6S/c1-14(2,13(15)16)8-9-10(19-3)6-7-11(20-4)12(9)21(5,17)18/h6-7H,8H2,1-5H3,(H,15,16). The fourth-order valence-corrected chi connectivity index (χ4v) is 3.17. The van der Waals surface area contributed by atoms with E-state index in [-0.39, 0.29) is 17.1 Å². The predicted molar refractivity (Wildman–Crippen MR) is 77.8 cm³/mol. The minimum absolute atomic E-state index is 0.00507. The minimum atomic E-state index is -3.60. The molecule has 0 radical (unpaired) electrons. The fourth-order valence-electron chi connectivity index (χ4n) is 2.03. The molecule has 1 aromatic rings. The van der Waals surface area contributed by atoms with Gasteiger partial charge in [-0.1, -0.05) is 0 Å². The molecule has 1 rings (SSSR count). The van der Waals surface area contributed by atoms with E-state index in [0.717, 1.165) is 6.26 Å². The van der Waals surface area contributed by atoms with Crippen molar-refractivity contribution < 1.29 is 27.8 Å². The molecule has 0 heterocycles. The number of methoxy groups -OCH3 is 2. The third-order valence-electron chi connectivity index (χ3n) is 3.19. The molecular formula is C14H20O6S. The second kappa shape index (κ2) is 5.93. The number of carbonyl (C=O) groups is 1. The van der Waals surface area contributed by atoms with Crippen LogP contribution in [0.2, 0.25) is 0 Å². The largest absolute Gasteiger partial charge is 0.496 e. The van der Waals surface area contributed by atoms with E-state index in [2.05, 4.69) is 0 Å². The molecule has 6 nitrogen and oxygen atoms in total. The molecule has 0 aliphatic heterocycles. The molecule has 0 unspecified atom stereocenters. The van der Waals surface area contributed by atoms with Crippen LogP contribution in [0.1, 0.15) is 19.4 Å². The third-order valence-corrected chi connectivity index (χ3v) is 4.38. The summed E-state index contributed by atoms with van der Waals surface area (Å²) in [6.45, 7) is 3.06. The Morgan fingerprint density at radius 3 is 2.05 bits per heavy atom. The molecule has 0 spiro atoms. The molecule has 0 aliphatic rings. The van der Waals surface area contributed by atoms with Crippen molar-refractivity contribution in [2.75, 3.05) is 20.5 Å². The zero-order valence-electron chi connectivity index (χ0n) is 12.8. The van der Waals surface area contributed by atoms with Gasteiger partial charge in [-0.05, 0) is 32.4 Å². The molecule has 0 bridgehead atoms. The van der Waals surface area contributed by atoms with Crippen LogP contribution in [0.5, 0.6) is 11.5 Å². The number of sulfone groups is 1. The topological polar surface area (TPSA) is 89.9 Å². The SMILES string of the molecule is COc1ccc(OC)c(S(C)(=O)=O)c1CC(C)(C)C(=O)O. The van der Waals surface area contributed by atoms with E-state index in [1.54, 1.807) is 6.07 Å². The second-order valence-corrected chi connectivity index (χ2v) is 7.37. The molecule has 7 heteroatoms. The van der Waals surface area contributed by atoms with Crippen LogP contribution >= 0.6 is 0 Å². The van der Waals surface area contributed by atoms with E-state index in [4.69, 9.17) is 9.47 Å². The molecule has 0 saturated carbocycles. The molecule has 0 saturated heterocycles. The number of hydrogen-bond donors (Lipinski definition) is 1. The summed E-state index contributed by atoms with van der Waals surface area (Å²) in [6.07, 6.45) is 1.06. The van der Waals surface area contributed by atoms with Gasteiger partial charge in [-0.3, -0.25) is 4.79 Å². The maximum atomic E-state index is 12.1. The van der Waals surface area contributed by atoms with Crippen LogP contribution in [0.15, 0.2) is 17.0 Å². The summed E-state index contributed by atoms with van der Waals surface area (Å²) in [5.41, 5.74) is -0.828.